The van der Waals surface area contributed by atoms with Crippen LogP contribution in [-0.4, -0.2) is 21.1 Å². The van der Waals surface area contributed by atoms with Gasteiger partial charge in [0, 0.05) is 0 Å². The molecule has 0 N–H and O–H groups in total. The van der Waals surface area contributed by atoms with Gasteiger partial charge in [-0.1, -0.05) is 12.1 Å². The van der Waals surface area contributed by atoms with Gasteiger partial charge in [-0.15, -0.1) is 0 Å². The molecule has 0 saturated carbocycles. The van der Waals surface area contributed by atoms with Crippen molar-refractivity contribution in [3.05, 3.63) is 47.2 Å². The van der Waals surface area contributed by atoms with Crippen LogP contribution in [0.4, 0.5) is 5.69 Å². The predicted octanol–water partition coefficient (Wildman–Crippen LogP) is 3.21. The minimum atomic E-state index is -0.611. The second kappa shape index (κ2) is 4.84. The standard InChI is InChI=1S/C16H18N3O3/c1-10-14-13(15(20)22-16(2,3)4)17-9-18(14)11-7-5-6-8-12(11)19(10)21/h5-10H,1-4H3/q-1. The van der Waals surface area contributed by atoms with Crippen LogP contribution in [0.2, 0.25) is 0 Å². The Morgan fingerprint density at radius 2 is 1.91 bits per heavy atom. The molecule has 0 radical (unpaired) electrons. The van der Waals surface area contributed by atoms with Gasteiger partial charge in [0.15, 0.2) is 5.69 Å². The van der Waals surface area contributed by atoms with Crippen LogP contribution in [0.5, 0.6) is 0 Å². The minimum absolute atomic E-state index is 0.192. The molecule has 1 atom stereocenters. The molecule has 0 amide bonds. The Labute approximate surface area is 128 Å². The lowest BCUT2D eigenvalue weighted by Gasteiger charge is -2.42. The summed E-state index contributed by atoms with van der Waals surface area (Å²) < 4.78 is 7.17. The molecule has 0 aliphatic carbocycles. The van der Waals surface area contributed by atoms with Crippen molar-refractivity contribution in [1.29, 1.82) is 0 Å². The monoisotopic (exact) mass is 300 g/mol. The number of benzene rings is 1. The number of nitrogens with zero attached hydrogens (tertiary/aromatic N) is 3. The largest absolute Gasteiger partial charge is 0.758 e. The molecular weight excluding hydrogens is 282 g/mol. The highest BCUT2D eigenvalue weighted by Gasteiger charge is 2.31. The molecule has 0 bridgehead atoms. The Morgan fingerprint density at radius 3 is 2.55 bits per heavy atom. The molecule has 0 saturated heterocycles. The van der Waals surface area contributed by atoms with Crippen molar-refractivity contribution in [1.82, 2.24) is 9.55 Å². The number of imidazole rings is 1. The lowest BCUT2D eigenvalue weighted by atomic mass is 10.1. The average molecular weight is 300 g/mol. The molecule has 3 rings (SSSR count). The number of hydrogen-bond donors (Lipinski definition) is 0. The fraction of sp³-hybridized carbons (Fsp3) is 0.375. The number of anilines is 1. The van der Waals surface area contributed by atoms with Gasteiger partial charge in [0.1, 0.15) is 11.9 Å². The molecule has 1 aliphatic heterocycles. The zero-order chi connectivity index (χ0) is 16.1. The van der Waals surface area contributed by atoms with Gasteiger partial charge in [0.2, 0.25) is 0 Å². The van der Waals surface area contributed by atoms with Gasteiger partial charge in [0.05, 0.1) is 23.1 Å². The summed E-state index contributed by atoms with van der Waals surface area (Å²) in [6.45, 7) is 7.15. The van der Waals surface area contributed by atoms with Crippen molar-refractivity contribution < 1.29 is 9.53 Å². The molecule has 1 aliphatic rings. The van der Waals surface area contributed by atoms with Crippen LogP contribution in [0.25, 0.3) is 5.69 Å². The van der Waals surface area contributed by atoms with E-state index in [-0.39, 0.29) is 5.69 Å². The third kappa shape index (κ3) is 2.25. The van der Waals surface area contributed by atoms with E-state index < -0.39 is 17.6 Å². The molecule has 6 heteroatoms. The second-order valence-electron chi connectivity index (χ2n) is 6.34. The lowest BCUT2D eigenvalue weighted by molar-refractivity contribution is 0.00615. The summed E-state index contributed by atoms with van der Waals surface area (Å²) in [5.41, 5.74) is 1.42. The second-order valence-corrected chi connectivity index (χ2v) is 6.34. The Hall–Kier alpha value is -2.34. The van der Waals surface area contributed by atoms with Gasteiger partial charge in [-0.25, -0.2) is 9.78 Å². The first kappa shape index (κ1) is 14.6. The molecule has 2 heterocycles. The first-order chi connectivity index (χ1) is 10.3. The molecule has 2 aromatic rings. The summed E-state index contributed by atoms with van der Waals surface area (Å²) >= 11 is 0. The molecule has 6 nitrogen and oxygen atoms in total. The first-order valence-corrected chi connectivity index (χ1v) is 7.16. The van der Waals surface area contributed by atoms with Gasteiger partial charge in [-0.2, -0.15) is 0 Å². The van der Waals surface area contributed by atoms with E-state index in [4.69, 9.17) is 4.74 Å². The van der Waals surface area contributed by atoms with Crippen molar-refractivity contribution in [2.75, 3.05) is 5.06 Å². The van der Waals surface area contributed by atoms with Gasteiger partial charge in [0.25, 0.3) is 0 Å². The molecule has 116 valence electrons. The summed E-state index contributed by atoms with van der Waals surface area (Å²) in [6.07, 6.45) is 1.57. The number of esters is 1. The number of aromatic nitrogens is 2. The summed E-state index contributed by atoms with van der Waals surface area (Å²) in [7, 11) is 0. The van der Waals surface area contributed by atoms with E-state index in [1.54, 1.807) is 44.7 Å². The highest BCUT2D eigenvalue weighted by atomic mass is 16.6. The molecule has 0 fully saturated rings. The Kier molecular flexibility index (Phi) is 3.21. The maximum Gasteiger partial charge on any atom is 0.359 e. The SMILES string of the molecule is CC1c2c(C(=O)OC(C)(C)C)ncn2-c2ccccc2N1[O-]. The predicted molar refractivity (Wildman–Crippen MR) is 83.0 cm³/mol. The molecule has 1 aromatic heterocycles. The number of ether oxygens (including phenoxy) is 1. The number of carbonyl (C=O) groups is 1. The van der Waals surface area contributed by atoms with E-state index in [1.807, 2.05) is 18.2 Å². The van der Waals surface area contributed by atoms with E-state index in [0.29, 0.717) is 17.1 Å². The van der Waals surface area contributed by atoms with Gasteiger partial charge >= 0.3 is 5.97 Å². The fourth-order valence-corrected chi connectivity index (χ4v) is 2.61. The maximum atomic E-state index is 12.5. The van der Waals surface area contributed by atoms with Crippen LogP contribution in [0.1, 0.15) is 49.9 Å². The van der Waals surface area contributed by atoms with Crippen molar-refractivity contribution in [3.63, 3.8) is 0 Å². The zero-order valence-electron chi connectivity index (χ0n) is 13.0. The molecule has 1 unspecified atom stereocenters. The van der Waals surface area contributed by atoms with E-state index >= 15 is 0 Å². The number of hydroxylamine groups is 1. The van der Waals surface area contributed by atoms with E-state index in [9.17, 15) is 10.0 Å². The smallest absolute Gasteiger partial charge is 0.359 e. The molecule has 1 aromatic carbocycles. The van der Waals surface area contributed by atoms with Crippen LogP contribution < -0.4 is 5.06 Å². The Morgan fingerprint density at radius 1 is 1.27 bits per heavy atom. The fourth-order valence-electron chi connectivity index (χ4n) is 2.61. The summed E-state index contributed by atoms with van der Waals surface area (Å²) in [5.74, 6) is -0.513. The van der Waals surface area contributed by atoms with Crippen molar-refractivity contribution in [2.24, 2.45) is 0 Å². The van der Waals surface area contributed by atoms with Gasteiger partial charge < -0.3 is 15.0 Å². The van der Waals surface area contributed by atoms with Crippen molar-refractivity contribution >= 4 is 11.7 Å². The average Bonchev–Trinajstić information content (AvgIpc) is 2.88. The van der Waals surface area contributed by atoms with E-state index in [1.165, 1.54) is 0 Å². The van der Waals surface area contributed by atoms with Crippen LogP contribution in [-0.2, 0) is 4.74 Å². The summed E-state index contributed by atoms with van der Waals surface area (Å²) in [4.78, 5) is 16.5. The van der Waals surface area contributed by atoms with Gasteiger partial charge in [-0.05, 0) is 39.8 Å². The van der Waals surface area contributed by atoms with E-state index in [0.717, 1.165) is 5.06 Å². The maximum absolute atomic E-state index is 12.5. The van der Waals surface area contributed by atoms with Crippen LogP contribution in [0.15, 0.2) is 30.6 Å². The third-order valence-corrected chi connectivity index (χ3v) is 3.52. The minimum Gasteiger partial charge on any atom is -0.758 e. The molecular formula is C16H18N3O3-. The Balaban J connectivity index is 2.11. The summed E-state index contributed by atoms with van der Waals surface area (Å²) in [5, 5.41) is 13.4. The van der Waals surface area contributed by atoms with E-state index in [2.05, 4.69) is 4.98 Å². The number of para-hydroxylation sites is 2. The lowest BCUT2D eigenvalue weighted by Crippen LogP contribution is -2.30. The zero-order valence-corrected chi connectivity index (χ0v) is 13.0. The van der Waals surface area contributed by atoms with Gasteiger partial charge in [-0.3, -0.25) is 4.57 Å². The molecule has 0 spiro atoms. The number of rotatable bonds is 1. The summed E-state index contributed by atoms with van der Waals surface area (Å²) in [6, 6.07) is 6.73. The normalized spacial score (nSPS) is 17.0. The number of carbonyl (C=O) groups excluding carboxylic acids is 1. The van der Waals surface area contributed by atoms with Crippen LogP contribution in [0.3, 0.4) is 0 Å². The third-order valence-electron chi connectivity index (χ3n) is 3.52. The topological polar surface area (TPSA) is 70.4 Å². The Bertz CT molecular complexity index is 730. The highest BCUT2D eigenvalue weighted by molar-refractivity contribution is 5.90. The quantitative estimate of drug-likeness (QED) is 0.756. The van der Waals surface area contributed by atoms with Crippen molar-refractivity contribution in [3.8, 4) is 5.69 Å². The molecule has 22 heavy (non-hydrogen) atoms. The first-order valence-electron chi connectivity index (χ1n) is 7.16. The number of fused-ring (bicyclic) bond motifs is 3. The highest BCUT2D eigenvalue weighted by Crippen LogP contribution is 2.39. The van der Waals surface area contributed by atoms with Crippen LogP contribution >= 0.6 is 0 Å². The van der Waals surface area contributed by atoms with Crippen LogP contribution in [0, 0.1) is 5.21 Å². The number of hydrogen-bond acceptors (Lipinski definition) is 5. The van der Waals surface area contributed by atoms with Crippen molar-refractivity contribution in [2.45, 2.75) is 39.3 Å².